The molecule has 1 atom stereocenters. The third kappa shape index (κ3) is 2.30. The molecule has 1 amide bonds. The van der Waals surface area contributed by atoms with E-state index in [2.05, 4.69) is 5.32 Å². The van der Waals surface area contributed by atoms with Crippen LogP contribution in [0.2, 0.25) is 0 Å². The van der Waals surface area contributed by atoms with Crippen LogP contribution in [0.3, 0.4) is 0 Å². The Hall–Kier alpha value is -1.49. The Balaban J connectivity index is 2.09. The number of benzene rings is 1. The van der Waals surface area contributed by atoms with Crippen molar-refractivity contribution in [2.24, 2.45) is 0 Å². The van der Waals surface area contributed by atoms with Gasteiger partial charge in [-0.3, -0.25) is 4.79 Å². The summed E-state index contributed by atoms with van der Waals surface area (Å²) in [5.41, 5.74) is -0.543. The van der Waals surface area contributed by atoms with Crippen molar-refractivity contribution >= 4 is 5.91 Å². The van der Waals surface area contributed by atoms with Crippen LogP contribution in [0.5, 0.6) is 0 Å². The van der Waals surface area contributed by atoms with E-state index in [9.17, 15) is 13.6 Å². The average Bonchev–Trinajstić information content (AvgIpc) is 2.97. The fourth-order valence-corrected chi connectivity index (χ4v) is 1.20. The molecule has 1 fully saturated rings. The number of nitrogens with one attached hydrogen (secondary N) is 1. The second-order valence-electron chi connectivity index (χ2n) is 3.26. The van der Waals surface area contributed by atoms with Gasteiger partial charge in [0.15, 0.2) is 0 Å². The number of carbonyl (C=O) groups is 1. The van der Waals surface area contributed by atoms with Gasteiger partial charge < -0.3 is 10.1 Å². The van der Waals surface area contributed by atoms with E-state index in [0.717, 1.165) is 12.1 Å². The van der Waals surface area contributed by atoms with Crippen LogP contribution in [0.15, 0.2) is 18.2 Å². The Kier molecular flexibility index (Phi) is 2.64. The molecule has 1 aromatic rings. The largest absolute Gasteiger partial charge is 0.371 e. The van der Waals surface area contributed by atoms with Crippen LogP contribution in [-0.4, -0.2) is 25.2 Å². The normalized spacial score (nSPS) is 18.7. The molecule has 1 aliphatic rings. The molecule has 80 valence electrons. The van der Waals surface area contributed by atoms with Crippen LogP contribution in [0.1, 0.15) is 10.4 Å². The van der Waals surface area contributed by atoms with Crippen molar-refractivity contribution in [3.8, 4) is 0 Å². The molecule has 5 heteroatoms. The summed E-state index contributed by atoms with van der Waals surface area (Å²) in [5, 5.41) is 2.40. The number of hydrogen-bond donors (Lipinski definition) is 1. The van der Waals surface area contributed by atoms with Gasteiger partial charge in [-0.1, -0.05) is 6.07 Å². The topological polar surface area (TPSA) is 41.6 Å². The molecule has 0 saturated carbocycles. The molecular formula is C10H9F2NO2. The van der Waals surface area contributed by atoms with Crippen LogP contribution >= 0.6 is 0 Å². The zero-order valence-electron chi connectivity index (χ0n) is 7.80. The van der Waals surface area contributed by atoms with E-state index < -0.39 is 23.1 Å². The van der Waals surface area contributed by atoms with Crippen LogP contribution in [0.25, 0.3) is 0 Å². The Labute approximate surface area is 85.0 Å². The summed E-state index contributed by atoms with van der Waals surface area (Å²) in [4.78, 5) is 11.4. The summed E-state index contributed by atoms with van der Waals surface area (Å²) in [6.07, 6.45) is -0.0104. The Morgan fingerprint density at radius 1 is 1.47 bits per heavy atom. The van der Waals surface area contributed by atoms with Gasteiger partial charge >= 0.3 is 0 Å². The van der Waals surface area contributed by atoms with Crippen molar-refractivity contribution in [1.82, 2.24) is 5.32 Å². The quantitative estimate of drug-likeness (QED) is 0.764. The minimum absolute atomic E-state index is 0.0104. The SMILES string of the molecule is O=C(NC[C@H]1CO1)c1c(F)cccc1F. The molecule has 0 unspecified atom stereocenters. The van der Waals surface area contributed by atoms with E-state index in [1.807, 2.05) is 0 Å². The van der Waals surface area contributed by atoms with Crippen LogP contribution in [0.4, 0.5) is 8.78 Å². The summed E-state index contributed by atoms with van der Waals surface area (Å²) in [6, 6.07) is 3.31. The molecule has 1 aromatic carbocycles. The highest BCUT2D eigenvalue weighted by Crippen LogP contribution is 2.12. The summed E-state index contributed by atoms with van der Waals surface area (Å²) < 4.78 is 31.1. The van der Waals surface area contributed by atoms with E-state index in [1.165, 1.54) is 6.07 Å². The highest BCUT2D eigenvalue weighted by atomic mass is 19.1. The van der Waals surface area contributed by atoms with Gasteiger partial charge in [-0.25, -0.2) is 8.78 Å². The van der Waals surface area contributed by atoms with Crippen LogP contribution in [-0.2, 0) is 4.74 Å². The molecule has 0 aromatic heterocycles. The lowest BCUT2D eigenvalue weighted by molar-refractivity contribution is 0.0942. The molecule has 15 heavy (non-hydrogen) atoms. The van der Waals surface area contributed by atoms with Crippen LogP contribution in [0, 0.1) is 11.6 Å². The molecule has 0 spiro atoms. The van der Waals surface area contributed by atoms with Crippen molar-refractivity contribution in [2.45, 2.75) is 6.10 Å². The Morgan fingerprint density at radius 2 is 2.07 bits per heavy atom. The standard InChI is InChI=1S/C10H9F2NO2/c11-7-2-1-3-8(12)9(7)10(14)13-4-6-5-15-6/h1-3,6H,4-5H2,(H,13,14)/t6-/m0/s1. The lowest BCUT2D eigenvalue weighted by Gasteiger charge is -2.05. The van der Waals surface area contributed by atoms with Gasteiger partial charge in [0, 0.05) is 6.54 Å². The van der Waals surface area contributed by atoms with E-state index in [0.29, 0.717) is 6.61 Å². The number of ether oxygens (including phenoxy) is 1. The van der Waals surface area contributed by atoms with Crippen molar-refractivity contribution in [3.63, 3.8) is 0 Å². The molecule has 1 heterocycles. The van der Waals surface area contributed by atoms with Gasteiger partial charge in [0.05, 0.1) is 12.7 Å². The first-order valence-corrected chi connectivity index (χ1v) is 4.52. The molecule has 0 bridgehead atoms. The minimum atomic E-state index is -0.857. The molecule has 1 saturated heterocycles. The van der Waals surface area contributed by atoms with Gasteiger partial charge in [0.2, 0.25) is 0 Å². The zero-order chi connectivity index (χ0) is 10.8. The number of halogens is 2. The number of carbonyl (C=O) groups excluding carboxylic acids is 1. The van der Waals surface area contributed by atoms with Crippen molar-refractivity contribution in [3.05, 3.63) is 35.4 Å². The average molecular weight is 213 g/mol. The summed E-state index contributed by atoms with van der Waals surface area (Å²) in [5.74, 6) is -2.46. The highest BCUT2D eigenvalue weighted by Gasteiger charge is 2.24. The van der Waals surface area contributed by atoms with Gasteiger partial charge in [-0.2, -0.15) is 0 Å². The molecule has 1 N–H and O–H groups in total. The fourth-order valence-electron chi connectivity index (χ4n) is 1.20. The van der Waals surface area contributed by atoms with Crippen LogP contribution < -0.4 is 5.32 Å². The van der Waals surface area contributed by atoms with Gasteiger partial charge in [-0.05, 0) is 12.1 Å². The van der Waals surface area contributed by atoms with Crippen molar-refractivity contribution in [1.29, 1.82) is 0 Å². The number of rotatable bonds is 3. The summed E-state index contributed by atoms with van der Waals surface area (Å²) in [7, 11) is 0. The van der Waals surface area contributed by atoms with E-state index in [-0.39, 0.29) is 12.6 Å². The predicted octanol–water partition coefficient (Wildman–Crippen LogP) is 1.09. The van der Waals surface area contributed by atoms with Crippen molar-refractivity contribution in [2.75, 3.05) is 13.2 Å². The second-order valence-corrected chi connectivity index (χ2v) is 3.26. The lowest BCUT2D eigenvalue weighted by Crippen LogP contribution is -2.29. The molecule has 1 aliphatic heterocycles. The third-order valence-electron chi connectivity index (χ3n) is 2.08. The first-order chi connectivity index (χ1) is 7.18. The number of amides is 1. The maximum Gasteiger partial charge on any atom is 0.257 e. The minimum Gasteiger partial charge on any atom is -0.371 e. The number of hydrogen-bond acceptors (Lipinski definition) is 2. The first-order valence-electron chi connectivity index (χ1n) is 4.52. The summed E-state index contributed by atoms with van der Waals surface area (Å²) in [6.45, 7) is 0.868. The van der Waals surface area contributed by atoms with E-state index in [1.54, 1.807) is 0 Å². The predicted molar refractivity (Wildman–Crippen MR) is 48.4 cm³/mol. The van der Waals surface area contributed by atoms with Gasteiger partial charge in [0.25, 0.3) is 5.91 Å². The van der Waals surface area contributed by atoms with E-state index in [4.69, 9.17) is 4.74 Å². The lowest BCUT2D eigenvalue weighted by atomic mass is 10.2. The molecule has 2 rings (SSSR count). The first kappa shape index (κ1) is 10.0. The second kappa shape index (κ2) is 3.94. The summed E-state index contributed by atoms with van der Waals surface area (Å²) >= 11 is 0. The Morgan fingerprint density at radius 3 is 2.60 bits per heavy atom. The van der Waals surface area contributed by atoms with Crippen molar-refractivity contribution < 1.29 is 18.3 Å². The maximum absolute atomic E-state index is 13.1. The Bertz CT molecular complexity index is 371. The molecule has 0 aliphatic carbocycles. The maximum atomic E-state index is 13.1. The molecule has 0 radical (unpaired) electrons. The molecular weight excluding hydrogens is 204 g/mol. The van der Waals surface area contributed by atoms with Gasteiger partial charge in [-0.15, -0.1) is 0 Å². The number of epoxide rings is 1. The smallest absolute Gasteiger partial charge is 0.257 e. The van der Waals surface area contributed by atoms with Gasteiger partial charge in [0.1, 0.15) is 17.2 Å². The van der Waals surface area contributed by atoms with E-state index >= 15 is 0 Å². The fraction of sp³-hybridized carbons (Fsp3) is 0.300. The highest BCUT2D eigenvalue weighted by molar-refractivity contribution is 5.94. The monoisotopic (exact) mass is 213 g/mol. The molecule has 3 nitrogen and oxygen atoms in total. The zero-order valence-corrected chi connectivity index (χ0v) is 7.80. The third-order valence-corrected chi connectivity index (χ3v) is 2.08.